The molecule has 2 aliphatic rings. The van der Waals surface area contributed by atoms with Crippen LogP contribution in [0.4, 0.5) is 5.69 Å². The lowest BCUT2D eigenvalue weighted by atomic mass is 10.0. The second kappa shape index (κ2) is 7.14. The van der Waals surface area contributed by atoms with Crippen molar-refractivity contribution < 1.29 is 9.47 Å². The molecule has 1 spiro atoms. The normalized spacial score (nSPS) is 25.8. The van der Waals surface area contributed by atoms with Crippen LogP contribution in [0.1, 0.15) is 5.01 Å². The maximum absolute atomic E-state index is 6.24. The molecule has 2 aromatic rings. The number of ether oxygens (including phenoxy) is 2. The molecule has 7 heteroatoms. The van der Waals surface area contributed by atoms with E-state index < -0.39 is 0 Å². The van der Waals surface area contributed by atoms with Gasteiger partial charge in [0.05, 0.1) is 44.8 Å². The number of hydrogen-bond acceptors (Lipinski definition) is 7. The van der Waals surface area contributed by atoms with Crippen molar-refractivity contribution in [2.75, 3.05) is 50.9 Å². The maximum atomic E-state index is 6.24. The van der Waals surface area contributed by atoms with E-state index in [2.05, 4.69) is 25.8 Å². The average Bonchev–Trinajstić information content (AvgIpc) is 3.03. The Bertz CT molecular complexity index is 639. The van der Waals surface area contributed by atoms with Crippen molar-refractivity contribution in [3.05, 3.63) is 41.1 Å². The molecule has 6 nitrogen and oxygen atoms in total. The Morgan fingerprint density at radius 1 is 1.21 bits per heavy atom. The van der Waals surface area contributed by atoms with E-state index in [-0.39, 0.29) is 5.60 Å². The summed E-state index contributed by atoms with van der Waals surface area (Å²) in [6.07, 6.45) is 5.59. The number of rotatable bonds is 3. The third kappa shape index (κ3) is 3.59. The standard InChI is InChI=1S/C17H22N4O2S/c1-2-15(10-18-3-1)21-6-7-22-14-17(13-21)12-20(5-8-23-17)11-16-19-4-9-24-16/h1-4,9-10H,5-8,11-14H2/t17-/m0/s1. The van der Waals surface area contributed by atoms with E-state index in [4.69, 9.17) is 9.47 Å². The molecular weight excluding hydrogens is 324 g/mol. The molecule has 2 aliphatic heterocycles. The second-order valence-corrected chi connectivity index (χ2v) is 7.33. The van der Waals surface area contributed by atoms with Crippen LogP contribution >= 0.6 is 11.3 Å². The first kappa shape index (κ1) is 16.0. The first-order valence-corrected chi connectivity index (χ1v) is 9.18. The molecule has 4 rings (SSSR count). The first-order valence-electron chi connectivity index (χ1n) is 8.30. The lowest BCUT2D eigenvalue weighted by Crippen LogP contribution is -2.58. The average molecular weight is 346 g/mol. The molecule has 1 atom stereocenters. The molecule has 24 heavy (non-hydrogen) atoms. The van der Waals surface area contributed by atoms with Gasteiger partial charge in [0.15, 0.2) is 0 Å². The molecule has 0 aliphatic carbocycles. The van der Waals surface area contributed by atoms with Crippen LogP contribution in [-0.4, -0.2) is 66.5 Å². The van der Waals surface area contributed by atoms with Crippen LogP contribution in [-0.2, 0) is 16.0 Å². The van der Waals surface area contributed by atoms with Crippen molar-refractivity contribution in [1.29, 1.82) is 0 Å². The molecule has 0 amide bonds. The topological polar surface area (TPSA) is 50.7 Å². The van der Waals surface area contributed by atoms with Gasteiger partial charge in [-0.15, -0.1) is 11.3 Å². The molecule has 0 aromatic carbocycles. The van der Waals surface area contributed by atoms with Crippen LogP contribution in [0.2, 0.25) is 0 Å². The van der Waals surface area contributed by atoms with E-state index in [1.54, 1.807) is 17.5 Å². The molecule has 0 saturated carbocycles. The molecule has 0 radical (unpaired) electrons. The van der Waals surface area contributed by atoms with Gasteiger partial charge in [-0.1, -0.05) is 0 Å². The van der Waals surface area contributed by atoms with E-state index in [9.17, 15) is 0 Å². The number of thiazole rings is 1. The summed E-state index contributed by atoms with van der Waals surface area (Å²) >= 11 is 1.71. The Kier molecular flexibility index (Phi) is 4.75. The van der Waals surface area contributed by atoms with Gasteiger partial charge in [-0.05, 0) is 12.1 Å². The Morgan fingerprint density at radius 3 is 3.04 bits per heavy atom. The number of morpholine rings is 1. The summed E-state index contributed by atoms with van der Waals surface area (Å²) in [4.78, 5) is 13.4. The lowest BCUT2D eigenvalue weighted by molar-refractivity contribution is -0.134. The highest BCUT2D eigenvalue weighted by molar-refractivity contribution is 7.09. The van der Waals surface area contributed by atoms with Gasteiger partial charge in [0.2, 0.25) is 0 Å². The van der Waals surface area contributed by atoms with Crippen LogP contribution in [0, 0.1) is 0 Å². The van der Waals surface area contributed by atoms with Gasteiger partial charge in [0.25, 0.3) is 0 Å². The van der Waals surface area contributed by atoms with E-state index in [1.807, 2.05) is 23.8 Å². The smallest absolute Gasteiger partial charge is 0.121 e. The molecule has 0 N–H and O–H groups in total. The second-order valence-electron chi connectivity index (χ2n) is 6.35. The fraction of sp³-hybridized carbons (Fsp3) is 0.529. The van der Waals surface area contributed by atoms with Gasteiger partial charge in [-0.3, -0.25) is 9.88 Å². The van der Waals surface area contributed by atoms with Gasteiger partial charge in [0.1, 0.15) is 10.6 Å². The van der Waals surface area contributed by atoms with E-state index in [0.29, 0.717) is 13.2 Å². The highest BCUT2D eigenvalue weighted by Gasteiger charge is 2.40. The van der Waals surface area contributed by atoms with Crippen molar-refractivity contribution in [1.82, 2.24) is 14.9 Å². The summed E-state index contributed by atoms with van der Waals surface area (Å²) in [6, 6.07) is 4.08. The summed E-state index contributed by atoms with van der Waals surface area (Å²) in [5.74, 6) is 0. The highest BCUT2D eigenvalue weighted by Crippen LogP contribution is 2.26. The molecule has 0 bridgehead atoms. The molecule has 0 unspecified atom stereocenters. The summed E-state index contributed by atoms with van der Waals surface area (Å²) in [6.45, 7) is 6.46. The molecule has 2 aromatic heterocycles. The van der Waals surface area contributed by atoms with Crippen molar-refractivity contribution in [3.8, 4) is 0 Å². The summed E-state index contributed by atoms with van der Waals surface area (Å²) in [5.41, 5.74) is 0.838. The predicted molar refractivity (Wildman–Crippen MR) is 93.3 cm³/mol. The third-order valence-corrected chi connectivity index (χ3v) is 5.29. The van der Waals surface area contributed by atoms with Gasteiger partial charge in [0, 0.05) is 37.4 Å². The van der Waals surface area contributed by atoms with Gasteiger partial charge < -0.3 is 14.4 Å². The molecule has 2 saturated heterocycles. The Morgan fingerprint density at radius 2 is 2.21 bits per heavy atom. The number of aromatic nitrogens is 2. The SMILES string of the molecule is c1cncc(N2CCOC[C@]3(CN(Cc4nccs4)CCO3)C2)c1. The fourth-order valence-electron chi connectivity index (χ4n) is 3.43. The van der Waals surface area contributed by atoms with Crippen molar-refractivity contribution in [2.45, 2.75) is 12.1 Å². The third-order valence-electron chi connectivity index (χ3n) is 4.53. The number of anilines is 1. The maximum Gasteiger partial charge on any atom is 0.121 e. The van der Waals surface area contributed by atoms with Crippen molar-refractivity contribution in [2.24, 2.45) is 0 Å². The van der Waals surface area contributed by atoms with E-state index in [1.165, 1.54) is 0 Å². The van der Waals surface area contributed by atoms with Crippen molar-refractivity contribution in [3.63, 3.8) is 0 Å². The lowest BCUT2D eigenvalue weighted by Gasteiger charge is -2.43. The predicted octanol–water partition coefficient (Wildman–Crippen LogP) is 1.65. The van der Waals surface area contributed by atoms with E-state index in [0.717, 1.165) is 50.0 Å². The quantitative estimate of drug-likeness (QED) is 0.842. The largest absolute Gasteiger partial charge is 0.376 e. The monoisotopic (exact) mass is 346 g/mol. The minimum absolute atomic E-state index is 0.290. The molecule has 2 fully saturated rings. The minimum atomic E-state index is -0.290. The van der Waals surface area contributed by atoms with Crippen LogP contribution in [0.15, 0.2) is 36.1 Å². The summed E-state index contributed by atoms with van der Waals surface area (Å²) < 4.78 is 12.1. The van der Waals surface area contributed by atoms with Gasteiger partial charge in [-0.25, -0.2) is 4.98 Å². The first-order chi connectivity index (χ1) is 11.8. The zero-order valence-corrected chi connectivity index (χ0v) is 14.5. The molecular formula is C17H22N4O2S. The number of hydrogen-bond donors (Lipinski definition) is 0. The Balaban J connectivity index is 1.49. The van der Waals surface area contributed by atoms with Gasteiger partial charge in [-0.2, -0.15) is 0 Å². The van der Waals surface area contributed by atoms with Crippen LogP contribution < -0.4 is 4.90 Å². The minimum Gasteiger partial charge on any atom is -0.376 e. The van der Waals surface area contributed by atoms with Crippen LogP contribution in [0.3, 0.4) is 0 Å². The molecule has 4 heterocycles. The van der Waals surface area contributed by atoms with Gasteiger partial charge >= 0.3 is 0 Å². The zero-order valence-electron chi connectivity index (χ0n) is 13.6. The summed E-state index contributed by atoms with van der Waals surface area (Å²) in [7, 11) is 0. The van der Waals surface area contributed by atoms with E-state index >= 15 is 0 Å². The number of pyridine rings is 1. The zero-order chi connectivity index (χ0) is 16.2. The molecule has 128 valence electrons. The number of nitrogens with zero attached hydrogens (tertiary/aromatic N) is 4. The van der Waals surface area contributed by atoms with Crippen molar-refractivity contribution >= 4 is 17.0 Å². The van der Waals surface area contributed by atoms with Crippen LogP contribution in [0.25, 0.3) is 0 Å². The van der Waals surface area contributed by atoms with Crippen LogP contribution in [0.5, 0.6) is 0 Å². The highest BCUT2D eigenvalue weighted by atomic mass is 32.1. The summed E-state index contributed by atoms with van der Waals surface area (Å²) in [5, 5.41) is 3.19. The Hall–Kier alpha value is -1.54. The Labute approximate surface area is 146 Å². The fourth-order valence-corrected chi connectivity index (χ4v) is 4.09.